The number of nitrogens with two attached hydrogens (primary N) is 1. The van der Waals surface area contributed by atoms with E-state index in [1.54, 1.807) is 20.8 Å². The molecule has 0 spiro atoms. The molecule has 7 heteroatoms. The number of thiophene rings is 1. The van der Waals surface area contributed by atoms with E-state index in [9.17, 15) is 9.59 Å². The van der Waals surface area contributed by atoms with Crippen LogP contribution in [-0.4, -0.2) is 22.5 Å². The van der Waals surface area contributed by atoms with Crippen LogP contribution in [-0.2, 0) is 4.74 Å². The predicted molar refractivity (Wildman–Crippen MR) is 86.2 cm³/mol. The van der Waals surface area contributed by atoms with Crippen LogP contribution in [0.3, 0.4) is 0 Å². The highest BCUT2D eigenvalue weighted by molar-refractivity contribution is 7.13. The fourth-order valence-corrected chi connectivity index (χ4v) is 2.85. The Morgan fingerprint density at radius 1 is 1.32 bits per heavy atom. The quantitative estimate of drug-likeness (QED) is 0.685. The van der Waals surface area contributed by atoms with Crippen molar-refractivity contribution >= 4 is 34.8 Å². The molecule has 0 aliphatic heterocycles. The first-order valence-electron chi connectivity index (χ1n) is 6.46. The number of amides is 1. The maximum absolute atomic E-state index is 12.5. The lowest BCUT2D eigenvalue weighted by molar-refractivity contribution is 0.00686. The van der Waals surface area contributed by atoms with Gasteiger partial charge >= 0.3 is 5.97 Å². The average molecular weight is 339 g/mol. The standard InChI is InChI=1S/C15H15ClN2O3S/c1-15(2,3)21-14(20)10-8(9-5-4-6-22-9)7-18-12(16)11(10)13(17)19/h4-7H,1-3H3,(H2,17,19). The van der Waals surface area contributed by atoms with Crippen LogP contribution in [0.4, 0.5) is 0 Å². The Morgan fingerprint density at radius 2 is 2.00 bits per heavy atom. The van der Waals surface area contributed by atoms with Crippen LogP contribution in [0, 0.1) is 0 Å². The Morgan fingerprint density at radius 3 is 2.50 bits per heavy atom. The highest BCUT2D eigenvalue weighted by atomic mass is 35.5. The maximum atomic E-state index is 12.5. The normalized spacial score (nSPS) is 11.3. The number of carbonyl (C=O) groups excluding carboxylic acids is 2. The Balaban J connectivity index is 2.69. The van der Waals surface area contributed by atoms with Gasteiger partial charge in [-0.3, -0.25) is 4.79 Å². The number of nitrogens with zero attached hydrogens (tertiary/aromatic N) is 1. The van der Waals surface area contributed by atoms with Gasteiger partial charge in [0.1, 0.15) is 10.8 Å². The van der Waals surface area contributed by atoms with Crippen molar-refractivity contribution in [2.24, 2.45) is 5.73 Å². The summed E-state index contributed by atoms with van der Waals surface area (Å²) in [6.07, 6.45) is 1.44. The number of halogens is 1. The van der Waals surface area contributed by atoms with E-state index in [2.05, 4.69) is 4.98 Å². The van der Waals surface area contributed by atoms with Crippen molar-refractivity contribution in [2.45, 2.75) is 26.4 Å². The molecule has 0 aliphatic carbocycles. The number of hydrogen-bond acceptors (Lipinski definition) is 5. The van der Waals surface area contributed by atoms with Crippen LogP contribution in [0.5, 0.6) is 0 Å². The largest absolute Gasteiger partial charge is 0.456 e. The van der Waals surface area contributed by atoms with Crippen LogP contribution < -0.4 is 5.73 Å². The molecule has 2 heterocycles. The lowest BCUT2D eigenvalue weighted by Gasteiger charge is -2.21. The van der Waals surface area contributed by atoms with E-state index in [0.717, 1.165) is 4.88 Å². The van der Waals surface area contributed by atoms with E-state index in [1.165, 1.54) is 17.5 Å². The fourth-order valence-electron chi connectivity index (χ4n) is 1.87. The first-order chi connectivity index (χ1) is 10.2. The van der Waals surface area contributed by atoms with E-state index in [-0.39, 0.29) is 16.3 Å². The van der Waals surface area contributed by atoms with Crippen LogP contribution in [0.2, 0.25) is 5.15 Å². The second-order valence-corrected chi connectivity index (χ2v) is 6.86. The Bertz CT molecular complexity index is 721. The third-order valence-corrected chi connectivity index (χ3v) is 3.86. The van der Waals surface area contributed by atoms with Crippen LogP contribution in [0.1, 0.15) is 41.5 Å². The number of primary amides is 1. The van der Waals surface area contributed by atoms with Crippen LogP contribution in [0.25, 0.3) is 10.4 Å². The molecule has 116 valence electrons. The molecular weight excluding hydrogens is 324 g/mol. The third kappa shape index (κ3) is 3.45. The van der Waals surface area contributed by atoms with Gasteiger partial charge in [-0.15, -0.1) is 11.3 Å². The van der Waals surface area contributed by atoms with Crippen molar-refractivity contribution in [3.63, 3.8) is 0 Å². The molecule has 1 amide bonds. The van der Waals surface area contributed by atoms with Crippen LogP contribution in [0.15, 0.2) is 23.7 Å². The monoisotopic (exact) mass is 338 g/mol. The van der Waals surface area contributed by atoms with Crippen molar-refractivity contribution < 1.29 is 14.3 Å². The molecule has 0 aromatic carbocycles. The summed E-state index contributed by atoms with van der Waals surface area (Å²) in [6.45, 7) is 5.22. The lowest BCUT2D eigenvalue weighted by atomic mass is 10.0. The van der Waals surface area contributed by atoms with Gasteiger partial charge in [0.25, 0.3) is 5.91 Å². The molecule has 0 atom stereocenters. The van der Waals surface area contributed by atoms with Gasteiger partial charge in [0, 0.05) is 16.6 Å². The highest BCUT2D eigenvalue weighted by Gasteiger charge is 2.28. The zero-order chi connectivity index (χ0) is 16.5. The number of aromatic nitrogens is 1. The van der Waals surface area contributed by atoms with Crippen molar-refractivity contribution in [1.82, 2.24) is 4.98 Å². The number of hydrogen-bond donors (Lipinski definition) is 1. The van der Waals surface area contributed by atoms with Gasteiger partial charge in [0.05, 0.1) is 11.1 Å². The van der Waals surface area contributed by atoms with Gasteiger partial charge in [-0.2, -0.15) is 0 Å². The molecule has 2 aromatic rings. The summed E-state index contributed by atoms with van der Waals surface area (Å²) in [7, 11) is 0. The molecule has 2 rings (SSSR count). The molecule has 0 fully saturated rings. The maximum Gasteiger partial charge on any atom is 0.340 e. The van der Waals surface area contributed by atoms with Crippen molar-refractivity contribution in [3.05, 3.63) is 40.0 Å². The van der Waals surface area contributed by atoms with Gasteiger partial charge in [-0.1, -0.05) is 17.7 Å². The number of ether oxygens (including phenoxy) is 1. The minimum Gasteiger partial charge on any atom is -0.456 e. The number of carbonyl (C=O) groups is 2. The van der Waals surface area contributed by atoms with E-state index in [0.29, 0.717) is 5.56 Å². The number of esters is 1. The molecule has 0 saturated heterocycles. The van der Waals surface area contributed by atoms with Gasteiger partial charge in [-0.05, 0) is 32.2 Å². The summed E-state index contributed by atoms with van der Waals surface area (Å²) in [5.41, 5.74) is 5.06. The molecule has 0 bridgehead atoms. The van der Waals surface area contributed by atoms with Gasteiger partial charge in [0.15, 0.2) is 0 Å². The SMILES string of the molecule is CC(C)(C)OC(=O)c1c(-c2cccs2)cnc(Cl)c1C(N)=O. The van der Waals surface area contributed by atoms with E-state index in [4.69, 9.17) is 22.1 Å². The predicted octanol–water partition coefficient (Wildman–Crippen LogP) is 3.52. The molecule has 0 aliphatic rings. The van der Waals surface area contributed by atoms with Crippen LogP contribution >= 0.6 is 22.9 Å². The molecule has 0 radical (unpaired) electrons. The summed E-state index contributed by atoms with van der Waals surface area (Å²) in [6, 6.07) is 3.64. The van der Waals surface area contributed by atoms with Gasteiger partial charge < -0.3 is 10.5 Å². The Hall–Kier alpha value is -1.92. The minimum atomic E-state index is -0.822. The second-order valence-electron chi connectivity index (χ2n) is 5.56. The summed E-state index contributed by atoms with van der Waals surface area (Å²) in [5.74, 6) is -1.48. The molecule has 2 aromatic heterocycles. The topological polar surface area (TPSA) is 82.3 Å². The minimum absolute atomic E-state index is 0.0462. The number of rotatable bonds is 3. The fraction of sp³-hybridized carbons (Fsp3) is 0.267. The molecule has 0 saturated carbocycles. The Labute approximate surface area is 137 Å². The molecule has 0 unspecified atom stereocenters. The number of pyridine rings is 1. The van der Waals surface area contributed by atoms with Crippen molar-refractivity contribution in [1.29, 1.82) is 0 Å². The van der Waals surface area contributed by atoms with Crippen molar-refractivity contribution in [3.8, 4) is 10.4 Å². The molecule has 5 nitrogen and oxygen atoms in total. The zero-order valence-electron chi connectivity index (χ0n) is 12.3. The first-order valence-corrected chi connectivity index (χ1v) is 7.72. The lowest BCUT2D eigenvalue weighted by Crippen LogP contribution is -2.27. The first kappa shape index (κ1) is 16.5. The average Bonchev–Trinajstić information content (AvgIpc) is 2.89. The molecular formula is C15H15ClN2O3S. The third-order valence-electron chi connectivity index (χ3n) is 2.67. The molecule has 22 heavy (non-hydrogen) atoms. The zero-order valence-corrected chi connectivity index (χ0v) is 13.9. The summed E-state index contributed by atoms with van der Waals surface area (Å²) in [5, 5.41) is 1.74. The van der Waals surface area contributed by atoms with E-state index < -0.39 is 17.5 Å². The van der Waals surface area contributed by atoms with E-state index >= 15 is 0 Å². The summed E-state index contributed by atoms with van der Waals surface area (Å²) in [4.78, 5) is 29.0. The summed E-state index contributed by atoms with van der Waals surface area (Å²) < 4.78 is 5.38. The highest BCUT2D eigenvalue weighted by Crippen LogP contribution is 2.33. The van der Waals surface area contributed by atoms with Crippen molar-refractivity contribution in [2.75, 3.05) is 0 Å². The van der Waals surface area contributed by atoms with E-state index in [1.807, 2.05) is 17.5 Å². The Kier molecular flexibility index (Phi) is 4.53. The summed E-state index contributed by atoms with van der Waals surface area (Å²) >= 11 is 7.37. The van der Waals surface area contributed by atoms with Gasteiger partial charge in [-0.25, -0.2) is 9.78 Å². The van der Waals surface area contributed by atoms with Gasteiger partial charge in [0.2, 0.25) is 0 Å². The second kappa shape index (κ2) is 6.06. The smallest absolute Gasteiger partial charge is 0.340 e. The molecule has 2 N–H and O–H groups in total.